The third kappa shape index (κ3) is 4.18. The van der Waals surface area contributed by atoms with Crippen molar-refractivity contribution in [3.05, 3.63) is 0 Å². The first-order valence-electron chi connectivity index (χ1n) is 9.09. The van der Waals surface area contributed by atoms with Crippen LogP contribution in [0.3, 0.4) is 0 Å². The van der Waals surface area contributed by atoms with Gasteiger partial charge in [-0.05, 0) is 51.9 Å². The molecular weight excluding hydrogens is 294 g/mol. The number of amides is 1. The fourth-order valence-corrected chi connectivity index (χ4v) is 4.33. The Kier molecular flexibility index (Phi) is 4.88. The number of alkyl carbamates (subject to hydrolysis) is 1. The molecule has 3 rings (SSSR count). The molecular formula is C18H31NO4. The van der Waals surface area contributed by atoms with Gasteiger partial charge in [0, 0.05) is 6.04 Å². The summed E-state index contributed by atoms with van der Waals surface area (Å²) >= 11 is 0. The first kappa shape index (κ1) is 17.0. The number of nitrogens with one attached hydrogen (secondary N) is 1. The smallest absolute Gasteiger partial charge is 0.407 e. The van der Waals surface area contributed by atoms with E-state index < -0.39 is 5.60 Å². The minimum Gasteiger partial charge on any atom is -0.444 e. The van der Waals surface area contributed by atoms with Gasteiger partial charge in [0.1, 0.15) is 11.7 Å². The monoisotopic (exact) mass is 325 g/mol. The molecule has 0 unspecified atom stereocenters. The van der Waals surface area contributed by atoms with Gasteiger partial charge in [0.05, 0.1) is 19.3 Å². The van der Waals surface area contributed by atoms with E-state index in [-0.39, 0.29) is 29.8 Å². The van der Waals surface area contributed by atoms with Crippen LogP contribution in [0, 0.1) is 5.41 Å². The normalized spacial score (nSPS) is 30.9. The Labute approximate surface area is 139 Å². The zero-order chi connectivity index (χ0) is 16.5. The molecule has 2 saturated carbocycles. The van der Waals surface area contributed by atoms with Gasteiger partial charge >= 0.3 is 6.09 Å². The highest BCUT2D eigenvalue weighted by Gasteiger charge is 2.49. The number of carbonyl (C=O) groups is 1. The van der Waals surface area contributed by atoms with Gasteiger partial charge in [0.25, 0.3) is 0 Å². The van der Waals surface area contributed by atoms with Gasteiger partial charge in [-0.25, -0.2) is 4.79 Å². The molecule has 1 saturated heterocycles. The van der Waals surface area contributed by atoms with Crippen LogP contribution in [0.15, 0.2) is 0 Å². The van der Waals surface area contributed by atoms with E-state index in [1.807, 2.05) is 20.8 Å². The highest BCUT2D eigenvalue weighted by atomic mass is 16.6. The van der Waals surface area contributed by atoms with Crippen LogP contribution >= 0.6 is 0 Å². The SMILES string of the molecule is CC(C)(C)OC(=O)N[C@@H]1C[C@H](OC2COC2)CC12CCCCC2. The van der Waals surface area contributed by atoms with Crippen LogP contribution < -0.4 is 5.32 Å². The molecule has 1 heterocycles. The molecule has 1 N–H and O–H groups in total. The Morgan fingerprint density at radius 2 is 1.83 bits per heavy atom. The van der Waals surface area contributed by atoms with E-state index >= 15 is 0 Å². The van der Waals surface area contributed by atoms with E-state index in [0.29, 0.717) is 13.2 Å². The molecule has 0 aromatic heterocycles. The third-order valence-corrected chi connectivity index (χ3v) is 5.40. The maximum absolute atomic E-state index is 12.2. The Hall–Kier alpha value is -0.810. The van der Waals surface area contributed by atoms with E-state index in [0.717, 1.165) is 12.8 Å². The average Bonchev–Trinajstić information content (AvgIpc) is 2.70. The van der Waals surface area contributed by atoms with Gasteiger partial charge in [-0.2, -0.15) is 0 Å². The molecule has 0 aromatic rings. The standard InChI is InChI=1S/C18H31NO4/c1-17(2,3)23-16(20)19-15-9-13(22-14-11-21-12-14)10-18(15)7-5-4-6-8-18/h13-15H,4-12H2,1-3H3,(H,19,20)/t13-,15+/m0/s1. The van der Waals surface area contributed by atoms with Crippen molar-refractivity contribution in [1.82, 2.24) is 5.32 Å². The molecule has 2 aliphatic carbocycles. The van der Waals surface area contributed by atoms with Crippen molar-refractivity contribution in [1.29, 1.82) is 0 Å². The Morgan fingerprint density at radius 1 is 1.13 bits per heavy atom. The maximum atomic E-state index is 12.2. The summed E-state index contributed by atoms with van der Waals surface area (Å²) in [5.41, 5.74) is -0.258. The van der Waals surface area contributed by atoms with Crippen molar-refractivity contribution < 1.29 is 19.0 Å². The van der Waals surface area contributed by atoms with Crippen LogP contribution in [-0.2, 0) is 14.2 Å². The summed E-state index contributed by atoms with van der Waals surface area (Å²) in [6, 6.07) is 0.170. The Bertz CT molecular complexity index is 421. The van der Waals surface area contributed by atoms with E-state index in [2.05, 4.69) is 5.32 Å². The van der Waals surface area contributed by atoms with Gasteiger partial charge in [0.2, 0.25) is 0 Å². The Balaban J connectivity index is 1.63. The minimum absolute atomic E-state index is 0.170. The first-order valence-corrected chi connectivity index (χ1v) is 9.09. The fraction of sp³-hybridized carbons (Fsp3) is 0.944. The molecule has 2 atom stereocenters. The summed E-state index contributed by atoms with van der Waals surface area (Å²) in [7, 11) is 0. The largest absolute Gasteiger partial charge is 0.444 e. The lowest BCUT2D eigenvalue weighted by atomic mass is 9.70. The lowest BCUT2D eigenvalue weighted by molar-refractivity contribution is -0.154. The second-order valence-electron chi connectivity index (χ2n) is 8.48. The molecule has 1 spiro atoms. The van der Waals surface area contributed by atoms with Crippen LogP contribution in [0.4, 0.5) is 4.79 Å². The van der Waals surface area contributed by atoms with E-state index in [4.69, 9.17) is 14.2 Å². The lowest BCUT2D eigenvalue weighted by Crippen LogP contribution is -2.47. The van der Waals surface area contributed by atoms with Gasteiger partial charge in [-0.15, -0.1) is 0 Å². The molecule has 5 heteroatoms. The van der Waals surface area contributed by atoms with Crippen LogP contribution in [0.25, 0.3) is 0 Å². The molecule has 1 aliphatic heterocycles. The van der Waals surface area contributed by atoms with E-state index in [1.54, 1.807) is 0 Å². The zero-order valence-corrected chi connectivity index (χ0v) is 14.7. The number of hydrogen-bond donors (Lipinski definition) is 1. The number of rotatable bonds is 3. The highest BCUT2D eigenvalue weighted by molar-refractivity contribution is 5.68. The van der Waals surface area contributed by atoms with Gasteiger partial charge in [-0.3, -0.25) is 0 Å². The van der Waals surface area contributed by atoms with Gasteiger partial charge in [-0.1, -0.05) is 19.3 Å². The summed E-state index contributed by atoms with van der Waals surface area (Å²) in [5.74, 6) is 0. The summed E-state index contributed by atoms with van der Waals surface area (Å²) in [6.45, 7) is 7.14. The summed E-state index contributed by atoms with van der Waals surface area (Å²) in [6.07, 6.45) is 8.35. The number of hydrogen-bond acceptors (Lipinski definition) is 4. The summed E-state index contributed by atoms with van der Waals surface area (Å²) in [5, 5.41) is 3.16. The van der Waals surface area contributed by atoms with Crippen LogP contribution in [-0.4, -0.2) is 43.2 Å². The average molecular weight is 325 g/mol. The van der Waals surface area contributed by atoms with Crippen LogP contribution in [0.5, 0.6) is 0 Å². The lowest BCUT2D eigenvalue weighted by Gasteiger charge is -2.39. The highest BCUT2D eigenvalue weighted by Crippen LogP contribution is 2.50. The summed E-state index contributed by atoms with van der Waals surface area (Å²) in [4.78, 5) is 12.2. The second kappa shape index (κ2) is 6.60. The molecule has 0 aromatic carbocycles. The topological polar surface area (TPSA) is 56.8 Å². The van der Waals surface area contributed by atoms with Crippen molar-refractivity contribution in [2.45, 2.75) is 89.6 Å². The predicted molar refractivity (Wildman–Crippen MR) is 87.4 cm³/mol. The van der Waals surface area contributed by atoms with Gasteiger partial charge in [0.15, 0.2) is 0 Å². The predicted octanol–water partition coefficient (Wildman–Crippen LogP) is 3.41. The number of carbonyl (C=O) groups excluding carboxylic acids is 1. The summed E-state index contributed by atoms with van der Waals surface area (Å²) < 4.78 is 16.9. The van der Waals surface area contributed by atoms with Crippen molar-refractivity contribution in [3.63, 3.8) is 0 Å². The van der Waals surface area contributed by atoms with Gasteiger partial charge < -0.3 is 19.5 Å². The first-order chi connectivity index (χ1) is 10.9. The zero-order valence-electron chi connectivity index (χ0n) is 14.7. The third-order valence-electron chi connectivity index (χ3n) is 5.40. The molecule has 0 bridgehead atoms. The minimum atomic E-state index is -0.457. The second-order valence-corrected chi connectivity index (χ2v) is 8.48. The van der Waals surface area contributed by atoms with Crippen LogP contribution in [0.1, 0.15) is 65.7 Å². The molecule has 23 heavy (non-hydrogen) atoms. The number of ether oxygens (including phenoxy) is 3. The van der Waals surface area contributed by atoms with Crippen molar-refractivity contribution in [3.8, 4) is 0 Å². The quantitative estimate of drug-likeness (QED) is 0.864. The molecule has 3 aliphatic rings. The fourth-order valence-electron chi connectivity index (χ4n) is 4.33. The molecule has 3 fully saturated rings. The van der Waals surface area contributed by atoms with Crippen molar-refractivity contribution in [2.24, 2.45) is 5.41 Å². The van der Waals surface area contributed by atoms with Crippen LogP contribution in [0.2, 0.25) is 0 Å². The van der Waals surface area contributed by atoms with Crippen molar-refractivity contribution in [2.75, 3.05) is 13.2 Å². The van der Waals surface area contributed by atoms with Crippen molar-refractivity contribution >= 4 is 6.09 Å². The molecule has 5 nitrogen and oxygen atoms in total. The van der Waals surface area contributed by atoms with E-state index in [9.17, 15) is 4.79 Å². The molecule has 132 valence electrons. The Morgan fingerprint density at radius 3 is 2.39 bits per heavy atom. The molecule has 0 radical (unpaired) electrons. The molecule has 1 amide bonds. The maximum Gasteiger partial charge on any atom is 0.407 e. The van der Waals surface area contributed by atoms with E-state index in [1.165, 1.54) is 32.1 Å².